The van der Waals surface area contributed by atoms with Gasteiger partial charge in [0.25, 0.3) is 0 Å². The Kier molecular flexibility index (Phi) is 2.44. The molecule has 1 aliphatic rings. The third kappa shape index (κ3) is 1.72. The van der Waals surface area contributed by atoms with Gasteiger partial charge in [-0.2, -0.15) is 0 Å². The van der Waals surface area contributed by atoms with Gasteiger partial charge in [0.15, 0.2) is 6.10 Å². The molecule has 0 saturated heterocycles. The van der Waals surface area contributed by atoms with Crippen LogP contribution < -0.4 is 0 Å². The van der Waals surface area contributed by atoms with Crippen LogP contribution in [0.5, 0.6) is 0 Å². The summed E-state index contributed by atoms with van der Waals surface area (Å²) in [5.74, 6) is -2.06. The van der Waals surface area contributed by atoms with Crippen LogP contribution in [0.15, 0.2) is 12.1 Å². The molecule has 1 aromatic carbocycles. The lowest BCUT2D eigenvalue weighted by Crippen LogP contribution is -2.12. The Bertz CT molecular complexity index is 415. The molecule has 0 amide bonds. The molecule has 0 spiro atoms. The van der Waals surface area contributed by atoms with Gasteiger partial charge in [0.1, 0.15) is 5.82 Å². The number of rotatable bonds is 2. The molecule has 0 heterocycles. The Balaban J connectivity index is 2.44. The molecule has 3 nitrogen and oxygen atoms in total. The van der Waals surface area contributed by atoms with E-state index in [4.69, 9.17) is 5.11 Å². The molecule has 15 heavy (non-hydrogen) atoms. The largest absolute Gasteiger partial charge is 0.479 e. The lowest BCUT2D eigenvalue weighted by Gasteiger charge is -2.09. The van der Waals surface area contributed by atoms with Crippen molar-refractivity contribution in [3.63, 3.8) is 0 Å². The van der Waals surface area contributed by atoms with Gasteiger partial charge >= 0.3 is 5.97 Å². The Hall–Kier alpha value is -1.42. The second-order valence-electron chi connectivity index (χ2n) is 3.74. The Morgan fingerprint density at radius 3 is 2.53 bits per heavy atom. The summed E-state index contributed by atoms with van der Waals surface area (Å²) >= 11 is 0. The maximum atomic E-state index is 13.4. The van der Waals surface area contributed by atoms with E-state index in [2.05, 4.69) is 0 Å². The smallest absolute Gasteiger partial charge is 0.337 e. The second kappa shape index (κ2) is 3.62. The molecular formula is C11H11FO3. The number of hydrogen-bond donors (Lipinski definition) is 2. The van der Waals surface area contributed by atoms with Crippen LogP contribution in [0.4, 0.5) is 4.39 Å². The molecule has 1 aliphatic carbocycles. The number of aliphatic hydroxyl groups excluding tert-OH is 1. The summed E-state index contributed by atoms with van der Waals surface area (Å²) in [6.45, 7) is 0. The van der Waals surface area contributed by atoms with E-state index < -0.39 is 17.9 Å². The van der Waals surface area contributed by atoms with Crippen molar-refractivity contribution in [3.8, 4) is 0 Å². The molecule has 1 unspecified atom stereocenters. The summed E-state index contributed by atoms with van der Waals surface area (Å²) in [7, 11) is 0. The molecule has 4 heteroatoms. The van der Waals surface area contributed by atoms with E-state index in [0.29, 0.717) is 0 Å². The van der Waals surface area contributed by atoms with Gasteiger partial charge in [0.2, 0.25) is 0 Å². The number of hydrogen-bond acceptors (Lipinski definition) is 2. The van der Waals surface area contributed by atoms with Gasteiger partial charge in [-0.15, -0.1) is 0 Å². The molecule has 1 atom stereocenters. The lowest BCUT2D eigenvalue weighted by molar-refractivity contribution is -0.147. The molecule has 80 valence electrons. The van der Waals surface area contributed by atoms with Gasteiger partial charge in [0.05, 0.1) is 0 Å². The zero-order valence-electron chi connectivity index (χ0n) is 8.03. The number of aryl methyl sites for hydroxylation is 2. The molecular weight excluding hydrogens is 199 g/mol. The number of carbonyl (C=O) groups is 1. The third-order valence-corrected chi connectivity index (χ3v) is 2.74. The van der Waals surface area contributed by atoms with Crippen molar-refractivity contribution in [3.05, 3.63) is 34.6 Å². The SMILES string of the molecule is O=C(O)C(O)c1cc2c(cc1F)CCC2. The Morgan fingerprint density at radius 1 is 1.33 bits per heavy atom. The first-order valence-electron chi connectivity index (χ1n) is 4.81. The van der Waals surface area contributed by atoms with E-state index in [1.165, 1.54) is 12.1 Å². The van der Waals surface area contributed by atoms with Gasteiger partial charge < -0.3 is 10.2 Å². The topological polar surface area (TPSA) is 57.5 Å². The van der Waals surface area contributed by atoms with E-state index in [1.54, 1.807) is 0 Å². The lowest BCUT2D eigenvalue weighted by atomic mass is 10.0. The minimum atomic E-state index is -1.77. The van der Waals surface area contributed by atoms with Crippen molar-refractivity contribution < 1.29 is 19.4 Å². The van der Waals surface area contributed by atoms with Crippen LogP contribution in [0.3, 0.4) is 0 Å². The van der Waals surface area contributed by atoms with E-state index in [-0.39, 0.29) is 5.56 Å². The first kappa shape index (κ1) is 10.1. The minimum Gasteiger partial charge on any atom is -0.479 e. The Morgan fingerprint density at radius 2 is 1.93 bits per heavy atom. The molecule has 0 saturated carbocycles. The molecule has 0 bridgehead atoms. The highest BCUT2D eigenvalue weighted by molar-refractivity contribution is 5.74. The van der Waals surface area contributed by atoms with Gasteiger partial charge in [0, 0.05) is 5.56 Å². The predicted molar refractivity (Wildman–Crippen MR) is 51.0 cm³/mol. The number of benzene rings is 1. The normalized spacial score (nSPS) is 16.1. The zero-order valence-corrected chi connectivity index (χ0v) is 8.03. The summed E-state index contributed by atoms with van der Waals surface area (Å²) in [6, 6.07) is 2.81. The van der Waals surface area contributed by atoms with Gasteiger partial charge in [-0.3, -0.25) is 0 Å². The molecule has 0 aromatic heterocycles. The van der Waals surface area contributed by atoms with Crippen molar-refractivity contribution in [2.75, 3.05) is 0 Å². The van der Waals surface area contributed by atoms with Gasteiger partial charge in [-0.1, -0.05) is 0 Å². The zero-order chi connectivity index (χ0) is 11.0. The predicted octanol–water partition coefficient (Wildman–Crippen LogP) is 1.43. The maximum absolute atomic E-state index is 13.4. The summed E-state index contributed by atoms with van der Waals surface area (Å²) in [4.78, 5) is 10.5. The fourth-order valence-corrected chi connectivity index (χ4v) is 1.96. The fourth-order valence-electron chi connectivity index (χ4n) is 1.96. The summed E-state index contributed by atoms with van der Waals surface area (Å²) in [6.07, 6.45) is 0.849. The maximum Gasteiger partial charge on any atom is 0.337 e. The van der Waals surface area contributed by atoms with E-state index >= 15 is 0 Å². The van der Waals surface area contributed by atoms with Gasteiger partial charge in [-0.05, 0) is 42.5 Å². The fraction of sp³-hybridized carbons (Fsp3) is 0.364. The number of halogens is 1. The average Bonchev–Trinajstić information content (AvgIpc) is 2.62. The van der Waals surface area contributed by atoms with Crippen LogP contribution in [0.25, 0.3) is 0 Å². The quantitative estimate of drug-likeness (QED) is 0.776. The van der Waals surface area contributed by atoms with Crippen LogP contribution in [0.2, 0.25) is 0 Å². The first-order valence-corrected chi connectivity index (χ1v) is 4.81. The molecule has 0 fully saturated rings. The number of fused-ring (bicyclic) bond motifs is 1. The molecule has 0 aliphatic heterocycles. The van der Waals surface area contributed by atoms with Crippen LogP contribution >= 0.6 is 0 Å². The summed E-state index contributed by atoms with van der Waals surface area (Å²) in [5.41, 5.74) is 1.74. The monoisotopic (exact) mass is 210 g/mol. The third-order valence-electron chi connectivity index (χ3n) is 2.74. The van der Waals surface area contributed by atoms with E-state index in [1.807, 2.05) is 0 Å². The van der Waals surface area contributed by atoms with Crippen molar-refractivity contribution in [1.29, 1.82) is 0 Å². The van der Waals surface area contributed by atoms with Crippen LogP contribution in [0, 0.1) is 5.82 Å². The van der Waals surface area contributed by atoms with Crippen molar-refractivity contribution in [2.24, 2.45) is 0 Å². The van der Waals surface area contributed by atoms with Gasteiger partial charge in [-0.25, -0.2) is 9.18 Å². The minimum absolute atomic E-state index is 0.136. The van der Waals surface area contributed by atoms with Crippen LogP contribution in [-0.4, -0.2) is 16.2 Å². The van der Waals surface area contributed by atoms with Crippen LogP contribution in [0.1, 0.15) is 29.2 Å². The first-order chi connectivity index (χ1) is 7.09. The molecule has 1 aromatic rings. The summed E-state index contributed by atoms with van der Waals surface area (Å²) < 4.78 is 13.4. The highest BCUT2D eigenvalue weighted by Gasteiger charge is 2.23. The van der Waals surface area contributed by atoms with Crippen molar-refractivity contribution >= 4 is 5.97 Å². The molecule has 0 radical (unpaired) electrons. The highest BCUT2D eigenvalue weighted by atomic mass is 19.1. The van der Waals surface area contributed by atoms with E-state index in [0.717, 1.165) is 30.4 Å². The van der Waals surface area contributed by atoms with Crippen molar-refractivity contribution in [2.45, 2.75) is 25.4 Å². The highest BCUT2D eigenvalue weighted by Crippen LogP contribution is 2.27. The Labute approximate surface area is 86.2 Å². The molecule has 2 N–H and O–H groups in total. The standard InChI is InChI=1S/C11H11FO3/c12-9-5-7-3-1-2-6(7)4-8(9)10(13)11(14)15/h4-5,10,13H,1-3H2,(H,14,15). The number of aliphatic hydroxyl groups is 1. The van der Waals surface area contributed by atoms with Crippen molar-refractivity contribution in [1.82, 2.24) is 0 Å². The number of carboxylic acid groups (broad SMARTS) is 1. The summed E-state index contributed by atoms with van der Waals surface area (Å²) in [5, 5.41) is 17.9. The second-order valence-corrected chi connectivity index (χ2v) is 3.74. The average molecular weight is 210 g/mol. The van der Waals surface area contributed by atoms with E-state index in [9.17, 15) is 14.3 Å². The van der Waals surface area contributed by atoms with Crippen LogP contribution in [-0.2, 0) is 17.6 Å². The number of carboxylic acids is 1. The molecule has 2 rings (SSSR count). The number of aliphatic carboxylic acids is 1.